The fourth-order valence-corrected chi connectivity index (χ4v) is 4.42. The van der Waals surface area contributed by atoms with E-state index in [4.69, 9.17) is 4.74 Å². The van der Waals surface area contributed by atoms with Crippen molar-refractivity contribution in [3.8, 4) is 0 Å². The lowest BCUT2D eigenvalue weighted by atomic mass is 9.89. The summed E-state index contributed by atoms with van der Waals surface area (Å²) in [7, 11) is 0. The van der Waals surface area contributed by atoms with Crippen LogP contribution in [0.15, 0.2) is 0 Å². The maximum absolute atomic E-state index is 12.6. The van der Waals surface area contributed by atoms with Crippen molar-refractivity contribution in [2.24, 2.45) is 5.92 Å². The summed E-state index contributed by atoms with van der Waals surface area (Å²) in [4.78, 5) is 38.0. The fraction of sp³-hybridized carbons (Fsp3) is 0.650. The summed E-state index contributed by atoms with van der Waals surface area (Å²) in [6.45, 7) is 6.35. The molecule has 27 heavy (non-hydrogen) atoms. The van der Waals surface area contributed by atoms with Crippen molar-refractivity contribution in [2.75, 3.05) is 18.5 Å². The molecule has 0 atom stereocenters. The van der Waals surface area contributed by atoms with E-state index >= 15 is 0 Å². The van der Waals surface area contributed by atoms with Gasteiger partial charge in [0.15, 0.2) is 0 Å². The molecule has 2 rings (SSSR count). The molecule has 1 saturated carbocycles. The summed E-state index contributed by atoms with van der Waals surface area (Å²) >= 11 is 1.15. The largest absolute Gasteiger partial charge is 0.462 e. The van der Waals surface area contributed by atoms with E-state index in [1.165, 1.54) is 0 Å². The highest BCUT2D eigenvalue weighted by molar-refractivity contribution is 7.18. The first-order valence-electron chi connectivity index (χ1n) is 9.89. The Kier molecular flexibility index (Phi) is 8.28. The van der Waals surface area contributed by atoms with Gasteiger partial charge in [0, 0.05) is 12.5 Å². The molecular weight excluding hydrogens is 364 g/mol. The molecule has 0 bridgehead atoms. The monoisotopic (exact) mass is 394 g/mol. The first-order chi connectivity index (χ1) is 13.0. The molecule has 150 valence electrons. The topological polar surface area (TPSA) is 84.5 Å². The van der Waals surface area contributed by atoms with Gasteiger partial charge in [-0.25, -0.2) is 4.79 Å². The van der Waals surface area contributed by atoms with Crippen LogP contribution in [0.4, 0.5) is 5.00 Å². The first kappa shape index (κ1) is 21.4. The summed E-state index contributed by atoms with van der Waals surface area (Å²) in [6.07, 6.45) is 6.89. The van der Waals surface area contributed by atoms with E-state index in [-0.39, 0.29) is 24.3 Å². The lowest BCUT2D eigenvalue weighted by molar-refractivity contribution is -0.120. The van der Waals surface area contributed by atoms with E-state index in [9.17, 15) is 14.4 Å². The number of hydrogen-bond donors (Lipinski definition) is 2. The molecule has 1 heterocycles. The Labute approximate surface area is 165 Å². The lowest BCUT2D eigenvalue weighted by Gasteiger charge is -2.20. The molecule has 0 unspecified atom stereocenters. The molecule has 0 saturated heterocycles. The van der Waals surface area contributed by atoms with Gasteiger partial charge < -0.3 is 15.4 Å². The zero-order chi connectivity index (χ0) is 19.8. The number of ether oxygens (including phenoxy) is 1. The number of hydrogen-bond acceptors (Lipinski definition) is 5. The van der Waals surface area contributed by atoms with Gasteiger partial charge in [-0.3, -0.25) is 9.59 Å². The number of carbonyl (C=O) groups excluding carboxylic acids is 3. The van der Waals surface area contributed by atoms with Crippen LogP contribution in [-0.2, 0) is 9.53 Å². The van der Waals surface area contributed by atoms with Crippen molar-refractivity contribution in [1.29, 1.82) is 0 Å². The summed E-state index contributed by atoms with van der Waals surface area (Å²) < 4.78 is 5.15. The highest BCUT2D eigenvalue weighted by atomic mass is 32.1. The number of unbranched alkanes of at least 4 members (excludes halogenated alkanes) is 1. The fourth-order valence-electron chi connectivity index (χ4n) is 3.30. The highest BCUT2D eigenvalue weighted by Crippen LogP contribution is 2.35. The Hall–Kier alpha value is -1.89. The summed E-state index contributed by atoms with van der Waals surface area (Å²) in [5, 5.41) is 6.20. The average Bonchev–Trinajstić information content (AvgIpc) is 2.98. The zero-order valence-corrected chi connectivity index (χ0v) is 17.3. The van der Waals surface area contributed by atoms with Gasteiger partial charge in [0.05, 0.1) is 17.0 Å². The first-order valence-corrected chi connectivity index (χ1v) is 10.7. The molecule has 1 fully saturated rings. The van der Waals surface area contributed by atoms with Gasteiger partial charge in [0.25, 0.3) is 5.91 Å². The number of nitrogens with one attached hydrogen (secondary N) is 2. The molecule has 1 aromatic rings. The molecule has 6 nitrogen and oxygen atoms in total. The van der Waals surface area contributed by atoms with Crippen molar-refractivity contribution < 1.29 is 19.1 Å². The van der Waals surface area contributed by atoms with Crippen molar-refractivity contribution in [1.82, 2.24) is 5.32 Å². The molecule has 0 aromatic carbocycles. The van der Waals surface area contributed by atoms with Crippen molar-refractivity contribution >= 4 is 34.1 Å². The third-order valence-electron chi connectivity index (χ3n) is 4.86. The highest BCUT2D eigenvalue weighted by Gasteiger charge is 2.28. The van der Waals surface area contributed by atoms with Crippen LogP contribution in [0.1, 0.15) is 84.4 Å². The van der Waals surface area contributed by atoms with E-state index in [1.54, 1.807) is 13.8 Å². The van der Waals surface area contributed by atoms with Crippen molar-refractivity contribution in [3.63, 3.8) is 0 Å². The van der Waals surface area contributed by atoms with Gasteiger partial charge in [-0.2, -0.15) is 0 Å². The van der Waals surface area contributed by atoms with E-state index < -0.39 is 5.97 Å². The number of rotatable bonds is 8. The third-order valence-corrected chi connectivity index (χ3v) is 6.07. The van der Waals surface area contributed by atoms with E-state index in [1.807, 2.05) is 0 Å². The van der Waals surface area contributed by atoms with Crippen LogP contribution in [0, 0.1) is 12.8 Å². The second-order valence-corrected chi connectivity index (χ2v) is 7.94. The van der Waals surface area contributed by atoms with Gasteiger partial charge >= 0.3 is 5.97 Å². The predicted octanol–water partition coefficient (Wildman–Crippen LogP) is 4.28. The number of anilines is 1. The van der Waals surface area contributed by atoms with Gasteiger partial charge in [-0.05, 0) is 38.7 Å². The molecule has 0 spiro atoms. The molecule has 0 aliphatic heterocycles. The van der Waals surface area contributed by atoms with E-state index in [0.717, 1.165) is 56.3 Å². The van der Waals surface area contributed by atoms with Crippen LogP contribution in [0.3, 0.4) is 0 Å². The van der Waals surface area contributed by atoms with Gasteiger partial charge in [0.2, 0.25) is 5.91 Å². The molecule has 2 N–H and O–H groups in total. The minimum absolute atomic E-state index is 0.0296. The van der Waals surface area contributed by atoms with Crippen molar-refractivity contribution in [3.05, 3.63) is 16.0 Å². The maximum Gasteiger partial charge on any atom is 0.341 e. The average molecular weight is 395 g/mol. The molecule has 2 amide bonds. The number of carbonyl (C=O) groups is 3. The second kappa shape index (κ2) is 10.4. The van der Waals surface area contributed by atoms with E-state index in [0.29, 0.717) is 27.5 Å². The standard InChI is InChI=1S/C20H30N2O4S/c1-4-6-12-21-18(24)16-13(3)15(20(25)26-5-2)19(27-16)22-17(23)14-10-8-7-9-11-14/h14H,4-12H2,1-3H3,(H,21,24)(H,22,23). The minimum atomic E-state index is -0.502. The van der Waals surface area contributed by atoms with Crippen molar-refractivity contribution in [2.45, 2.75) is 65.7 Å². The van der Waals surface area contributed by atoms with Crippen LogP contribution in [0.25, 0.3) is 0 Å². The van der Waals surface area contributed by atoms with Crippen LogP contribution in [-0.4, -0.2) is 30.9 Å². The lowest BCUT2D eigenvalue weighted by Crippen LogP contribution is -2.25. The molecule has 7 heteroatoms. The minimum Gasteiger partial charge on any atom is -0.462 e. The van der Waals surface area contributed by atoms with Gasteiger partial charge in [-0.1, -0.05) is 32.6 Å². The number of amides is 2. The third kappa shape index (κ3) is 5.54. The van der Waals surface area contributed by atoms with Crippen LogP contribution in [0.2, 0.25) is 0 Å². The zero-order valence-electron chi connectivity index (χ0n) is 16.5. The van der Waals surface area contributed by atoms with Crippen LogP contribution >= 0.6 is 11.3 Å². The smallest absolute Gasteiger partial charge is 0.341 e. The van der Waals surface area contributed by atoms with Gasteiger partial charge in [0.1, 0.15) is 5.00 Å². The quantitative estimate of drug-likeness (QED) is 0.509. The SMILES string of the molecule is CCCCNC(=O)c1sc(NC(=O)C2CCCCC2)c(C(=O)OCC)c1C. The second-order valence-electron chi connectivity index (χ2n) is 6.91. The normalized spacial score (nSPS) is 14.6. The van der Waals surface area contributed by atoms with E-state index in [2.05, 4.69) is 17.6 Å². The van der Waals surface area contributed by atoms with Crippen LogP contribution < -0.4 is 10.6 Å². The number of thiophene rings is 1. The summed E-state index contributed by atoms with van der Waals surface area (Å²) in [5.74, 6) is -0.815. The Morgan fingerprint density at radius 1 is 1.15 bits per heavy atom. The molecule has 1 aliphatic carbocycles. The number of esters is 1. The Morgan fingerprint density at radius 3 is 2.48 bits per heavy atom. The Bertz CT molecular complexity index is 678. The van der Waals surface area contributed by atoms with Crippen LogP contribution in [0.5, 0.6) is 0 Å². The molecule has 0 radical (unpaired) electrons. The maximum atomic E-state index is 12.6. The molecule has 1 aliphatic rings. The Morgan fingerprint density at radius 2 is 1.85 bits per heavy atom. The molecular formula is C20H30N2O4S. The van der Waals surface area contributed by atoms with Gasteiger partial charge in [-0.15, -0.1) is 11.3 Å². The Balaban J connectivity index is 2.24. The summed E-state index contributed by atoms with van der Waals surface area (Å²) in [5.41, 5.74) is 0.859. The summed E-state index contributed by atoms with van der Waals surface area (Å²) in [6, 6.07) is 0. The molecule has 1 aromatic heterocycles. The predicted molar refractivity (Wildman–Crippen MR) is 107 cm³/mol.